The highest BCUT2D eigenvalue weighted by molar-refractivity contribution is 7.88. The minimum absolute atomic E-state index is 0.0315. The third kappa shape index (κ3) is 4.45. The molecule has 0 radical (unpaired) electrons. The van der Waals surface area contributed by atoms with Gasteiger partial charge in [0.1, 0.15) is 17.0 Å². The summed E-state index contributed by atoms with van der Waals surface area (Å²) >= 11 is 0. The molecular weight excluding hydrogens is 497 g/mol. The van der Waals surface area contributed by atoms with Gasteiger partial charge in [-0.1, -0.05) is 0 Å². The number of halogens is 1. The van der Waals surface area contributed by atoms with E-state index in [1.807, 2.05) is 19.3 Å². The predicted octanol–water partition coefficient (Wildman–Crippen LogP) is 3.15. The Hall–Kier alpha value is -4.49. The fraction of sp³-hybridized carbons (Fsp3) is 0.125. The lowest BCUT2D eigenvalue weighted by Crippen LogP contribution is -2.21. The molecule has 6 rings (SSSR count). The van der Waals surface area contributed by atoms with Crippen LogP contribution in [-0.2, 0) is 23.6 Å². The van der Waals surface area contributed by atoms with Gasteiger partial charge in [-0.3, -0.25) is 14.8 Å². The van der Waals surface area contributed by atoms with E-state index in [9.17, 15) is 12.8 Å². The molecule has 5 heterocycles. The molecule has 0 saturated carbocycles. The van der Waals surface area contributed by atoms with Gasteiger partial charge in [-0.25, -0.2) is 27.5 Å². The monoisotopic (exact) mass is 517 g/mol. The van der Waals surface area contributed by atoms with Crippen LogP contribution in [0.25, 0.3) is 56.0 Å². The molecule has 0 unspecified atom stereocenters. The normalized spacial score (nSPS) is 12.1. The summed E-state index contributed by atoms with van der Waals surface area (Å²) in [5.41, 5.74) is 5.65. The molecule has 0 atom stereocenters. The molecule has 0 aliphatic heterocycles. The summed E-state index contributed by atoms with van der Waals surface area (Å²) in [5, 5.41) is 12.5. The number of sulfonamides is 1. The number of aromatic nitrogens is 8. The smallest absolute Gasteiger partial charge is 0.209 e. The van der Waals surface area contributed by atoms with Crippen LogP contribution in [0.5, 0.6) is 0 Å². The maximum Gasteiger partial charge on any atom is 0.209 e. The van der Waals surface area contributed by atoms with Crippen molar-refractivity contribution < 1.29 is 12.8 Å². The molecule has 0 saturated heterocycles. The predicted molar refractivity (Wildman–Crippen MR) is 136 cm³/mol. The standard InChI is InChI=1S/C24H20FN9O2S/c1-34-12-15(10-28-34)19-8-18-20(11-27-19)32-33-22(18)24-30-21-17(3-4-26-23(21)31-24)14-5-13(6-16(25)7-14)9-29-37(2,35)36/h3-8,10-12,29H,9H2,1-2H3,(H,32,33)(H,26,30,31). The number of imidazole rings is 1. The Kier molecular flexibility index (Phi) is 5.31. The summed E-state index contributed by atoms with van der Waals surface area (Å²) in [6, 6.07) is 8.05. The number of pyridine rings is 2. The number of fused-ring (bicyclic) bond motifs is 2. The number of benzene rings is 1. The van der Waals surface area contributed by atoms with E-state index in [1.54, 1.807) is 35.4 Å². The molecule has 0 aliphatic rings. The zero-order valence-electron chi connectivity index (χ0n) is 19.7. The van der Waals surface area contributed by atoms with Crippen LogP contribution in [0.15, 0.2) is 55.1 Å². The van der Waals surface area contributed by atoms with Crippen LogP contribution in [0.3, 0.4) is 0 Å². The molecule has 6 aromatic rings. The van der Waals surface area contributed by atoms with Gasteiger partial charge >= 0.3 is 0 Å². The molecule has 13 heteroatoms. The molecule has 1 aromatic carbocycles. The van der Waals surface area contributed by atoms with Gasteiger partial charge < -0.3 is 4.98 Å². The summed E-state index contributed by atoms with van der Waals surface area (Å²) in [6.45, 7) is -0.0315. The Morgan fingerprint density at radius 3 is 2.76 bits per heavy atom. The summed E-state index contributed by atoms with van der Waals surface area (Å²) in [4.78, 5) is 16.9. The van der Waals surface area contributed by atoms with Crippen LogP contribution in [0.2, 0.25) is 0 Å². The Labute approximate surface area is 209 Å². The highest BCUT2D eigenvalue weighted by atomic mass is 32.2. The first-order valence-corrected chi connectivity index (χ1v) is 13.1. The number of aryl methyl sites for hydroxylation is 1. The van der Waals surface area contributed by atoms with Crippen molar-refractivity contribution >= 4 is 32.1 Å². The van der Waals surface area contributed by atoms with Crippen LogP contribution in [0.4, 0.5) is 4.39 Å². The van der Waals surface area contributed by atoms with Crippen molar-refractivity contribution in [1.29, 1.82) is 0 Å². The summed E-state index contributed by atoms with van der Waals surface area (Å²) < 4.78 is 41.5. The van der Waals surface area contributed by atoms with Crippen molar-refractivity contribution in [3.8, 4) is 33.9 Å². The van der Waals surface area contributed by atoms with Gasteiger partial charge in [-0.2, -0.15) is 10.2 Å². The number of aromatic amines is 2. The van der Waals surface area contributed by atoms with Gasteiger partial charge in [0.15, 0.2) is 11.5 Å². The van der Waals surface area contributed by atoms with Crippen molar-refractivity contribution in [2.75, 3.05) is 6.26 Å². The largest absolute Gasteiger partial charge is 0.321 e. The average molecular weight is 518 g/mol. The number of H-pyrrole nitrogens is 2. The van der Waals surface area contributed by atoms with E-state index >= 15 is 0 Å². The van der Waals surface area contributed by atoms with E-state index in [0.717, 1.165) is 28.4 Å². The van der Waals surface area contributed by atoms with Gasteiger partial charge in [-0.15, -0.1) is 0 Å². The van der Waals surface area contributed by atoms with E-state index in [-0.39, 0.29) is 6.54 Å². The maximum atomic E-state index is 14.5. The lowest BCUT2D eigenvalue weighted by molar-refractivity contribution is 0.586. The molecule has 0 fully saturated rings. The van der Waals surface area contributed by atoms with Crippen molar-refractivity contribution in [2.45, 2.75) is 6.54 Å². The highest BCUT2D eigenvalue weighted by Crippen LogP contribution is 2.32. The molecule has 0 spiro atoms. The fourth-order valence-corrected chi connectivity index (χ4v) is 4.62. The lowest BCUT2D eigenvalue weighted by atomic mass is 10.0. The Morgan fingerprint density at radius 2 is 1.97 bits per heavy atom. The molecule has 0 amide bonds. The first-order chi connectivity index (χ1) is 17.7. The van der Waals surface area contributed by atoms with E-state index in [0.29, 0.717) is 39.4 Å². The van der Waals surface area contributed by atoms with Crippen molar-refractivity contribution in [2.24, 2.45) is 7.05 Å². The van der Waals surface area contributed by atoms with E-state index in [2.05, 4.69) is 35.0 Å². The fourth-order valence-electron chi connectivity index (χ4n) is 4.19. The number of nitrogens with one attached hydrogen (secondary N) is 3. The topological polar surface area (TPSA) is 147 Å². The molecule has 11 nitrogen and oxygen atoms in total. The van der Waals surface area contributed by atoms with Crippen LogP contribution in [-0.4, -0.2) is 54.6 Å². The maximum absolute atomic E-state index is 14.5. The molecule has 0 bridgehead atoms. The highest BCUT2D eigenvalue weighted by Gasteiger charge is 2.18. The van der Waals surface area contributed by atoms with Gasteiger partial charge in [0.25, 0.3) is 0 Å². The van der Waals surface area contributed by atoms with Crippen molar-refractivity contribution in [3.05, 3.63) is 66.5 Å². The van der Waals surface area contributed by atoms with Gasteiger partial charge in [0.05, 0.1) is 29.9 Å². The number of hydrogen-bond acceptors (Lipinski definition) is 7. The van der Waals surface area contributed by atoms with Crippen LogP contribution in [0, 0.1) is 5.82 Å². The number of nitrogens with zero attached hydrogens (tertiary/aromatic N) is 6. The second-order valence-corrected chi connectivity index (χ2v) is 10.5. The van der Waals surface area contributed by atoms with E-state index in [1.165, 1.54) is 12.1 Å². The average Bonchev–Trinajstić information content (AvgIpc) is 3.58. The SMILES string of the molecule is Cn1cc(-c2cc3c(-c4nc5c(-c6cc(F)cc(CNS(C)(=O)=O)c6)ccnc5[nH]4)n[nH]c3cn2)cn1. The number of hydrogen-bond donors (Lipinski definition) is 3. The van der Waals surface area contributed by atoms with E-state index < -0.39 is 15.8 Å². The minimum Gasteiger partial charge on any atom is -0.321 e. The minimum atomic E-state index is -3.43. The second kappa shape index (κ2) is 8.57. The molecule has 5 aromatic heterocycles. The summed E-state index contributed by atoms with van der Waals surface area (Å²) in [7, 11) is -1.58. The third-order valence-corrected chi connectivity index (χ3v) is 6.53. The molecule has 37 heavy (non-hydrogen) atoms. The van der Waals surface area contributed by atoms with Gasteiger partial charge in [0, 0.05) is 42.5 Å². The molecule has 3 N–H and O–H groups in total. The van der Waals surface area contributed by atoms with Gasteiger partial charge in [-0.05, 0) is 41.5 Å². The van der Waals surface area contributed by atoms with Crippen LogP contribution < -0.4 is 4.72 Å². The Morgan fingerprint density at radius 1 is 1.11 bits per heavy atom. The zero-order valence-corrected chi connectivity index (χ0v) is 20.5. The van der Waals surface area contributed by atoms with Crippen LogP contribution in [0.1, 0.15) is 5.56 Å². The second-order valence-electron chi connectivity index (χ2n) is 8.67. The van der Waals surface area contributed by atoms with Crippen molar-refractivity contribution in [3.63, 3.8) is 0 Å². The first-order valence-electron chi connectivity index (χ1n) is 11.2. The van der Waals surface area contributed by atoms with Crippen molar-refractivity contribution in [1.82, 2.24) is 44.6 Å². The van der Waals surface area contributed by atoms with Crippen LogP contribution >= 0.6 is 0 Å². The number of rotatable bonds is 6. The molecule has 186 valence electrons. The van der Waals surface area contributed by atoms with Gasteiger partial charge in [0.2, 0.25) is 10.0 Å². The lowest BCUT2D eigenvalue weighted by Gasteiger charge is -2.07. The Balaban J connectivity index is 1.43. The molecule has 0 aliphatic carbocycles. The Bertz CT molecular complexity index is 1910. The quantitative estimate of drug-likeness (QED) is 0.307. The summed E-state index contributed by atoms with van der Waals surface area (Å²) in [6.07, 6.45) is 7.98. The zero-order chi connectivity index (χ0) is 25.7. The third-order valence-electron chi connectivity index (χ3n) is 5.86. The first kappa shape index (κ1) is 22.9. The summed E-state index contributed by atoms with van der Waals surface area (Å²) in [5.74, 6) is -0.00263. The van der Waals surface area contributed by atoms with E-state index in [4.69, 9.17) is 4.98 Å². The molecular formula is C24H20FN9O2S.